The minimum atomic E-state index is -0.450. The first-order chi connectivity index (χ1) is 9.20. The fourth-order valence-corrected chi connectivity index (χ4v) is 2.37. The molecule has 1 atom stereocenters. The summed E-state index contributed by atoms with van der Waals surface area (Å²) in [5.74, 6) is 0. The summed E-state index contributed by atoms with van der Waals surface area (Å²) in [5.41, 5.74) is 0.683. The zero-order valence-electron chi connectivity index (χ0n) is 11.1. The Morgan fingerprint density at radius 2 is 2.26 bits per heavy atom. The van der Waals surface area contributed by atoms with Gasteiger partial charge in [-0.2, -0.15) is 10.4 Å². The molecule has 1 unspecified atom stereocenters. The highest BCUT2D eigenvalue weighted by molar-refractivity contribution is 5.78. The van der Waals surface area contributed by atoms with E-state index in [-0.39, 0.29) is 0 Å². The van der Waals surface area contributed by atoms with Crippen molar-refractivity contribution in [2.24, 2.45) is 0 Å². The zero-order chi connectivity index (χ0) is 13.3. The van der Waals surface area contributed by atoms with Gasteiger partial charge >= 0.3 is 0 Å². The molecule has 1 aliphatic rings. The third-order valence-corrected chi connectivity index (χ3v) is 3.72. The molecule has 1 aliphatic carbocycles. The van der Waals surface area contributed by atoms with E-state index < -0.39 is 5.54 Å². The third kappa shape index (κ3) is 2.61. The van der Waals surface area contributed by atoms with E-state index in [2.05, 4.69) is 28.6 Å². The number of nitriles is 1. The molecule has 0 spiro atoms. The molecule has 4 heteroatoms. The van der Waals surface area contributed by atoms with Crippen molar-refractivity contribution in [3.05, 3.63) is 30.5 Å². The second-order valence-corrected chi connectivity index (χ2v) is 5.54. The Labute approximate surface area is 113 Å². The fraction of sp³-hybridized carbons (Fsp3) is 0.467. The first-order valence-electron chi connectivity index (χ1n) is 6.80. The average molecular weight is 254 g/mol. The molecule has 1 saturated carbocycles. The van der Waals surface area contributed by atoms with Gasteiger partial charge in [0.1, 0.15) is 5.54 Å². The molecule has 1 aromatic heterocycles. The van der Waals surface area contributed by atoms with Gasteiger partial charge in [-0.1, -0.05) is 18.2 Å². The van der Waals surface area contributed by atoms with E-state index in [9.17, 15) is 5.26 Å². The predicted molar refractivity (Wildman–Crippen MR) is 74.5 cm³/mol. The predicted octanol–water partition coefficient (Wildman–Crippen LogP) is 2.46. The van der Waals surface area contributed by atoms with Crippen molar-refractivity contribution in [3.63, 3.8) is 0 Å². The van der Waals surface area contributed by atoms with E-state index in [0.717, 1.165) is 23.9 Å². The number of para-hydroxylation sites is 1. The van der Waals surface area contributed by atoms with Crippen LogP contribution in [-0.2, 0) is 6.54 Å². The van der Waals surface area contributed by atoms with Crippen molar-refractivity contribution in [1.82, 2.24) is 15.1 Å². The summed E-state index contributed by atoms with van der Waals surface area (Å²) >= 11 is 0. The molecule has 98 valence electrons. The number of hydrogen-bond acceptors (Lipinski definition) is 3. The fourth-order valence-electron chi connectivity index (χ4n) is 2.37. The average Bonchev–Trinajstić information content (AvgIpc) is 3.14. The normalized spacial score (nSPS) is 18.1. The van der Waals surface area contributed by atoms with Crippen LogP contribution in [0.4, 0.5) is 0 Å². The van der Waals surface area contributed by atoms with E-state index in [0.29, 0.717) is 6.04 Å². The van der Waals surface area contributed by atoms with Crippen LogP contribution in [-0.4, -0.2) is 21.4 Å². The number of nitrogens with one attached hydrogen (secondary N) is 1. The van der Waals surface area contributed by atoms with E-state index in [1.54, 1.807) is 0 Å². The number of benzene rings is 1. The number of fused-ring (bicyclic) bond motifs is 1. The first-order valence-corrected chi connectivity index (χ1v) is 6.80. The third-order valence-electron chi connectivity index (χ3n) is 3.72. The number of hydrogen-bond donors (Lipinski definition) is 1. The van der Waals surface area contributed by atoms with E-state index in [1.165, 1.54) is 12.8 Å². The number of nitrogens with zero attached hydrogens (tertiary/aromatic N) is 3. The van der Waals surface area contributed by atoms with E-state index in [1.807, 2.05) is 29.9 Å². The summed E-state index contributed by atoms with van der Waals surface area (Å²) in [4.78, 5) is 0. The van der Waals surface area contributed by atoms with Crippen LogP contribution >= 0.6 is 0 Å². The quantitative estimate of drug-likeness (QED) is 0.891. The molecule has 2 aromatic rings. The summed E-state index contributed by atoms with van der Waals surface area (Å²) in [6, 6.07) is 11.1. The molecule has 0 bridgehead atoms. The Kier molecular flexibility index (Phi) is 3.00. The van der Waals surface area contributed by atoms with E-state index in [4.69, 9.17) is 0 Å². The minimum absolute atomic E-state index is 0.450. The highest BCUT2D eigenvalue weighted by Gasteiger charge is 2.32. The standard InChI is InChI=1S/C15H18N4/c1-15(11-16,18-13-6-7-13)8-9-19-14-5-3-2-4-12(14)10-17-19/h2-5,10,13,18H,6-9H2,1H3. The molecule has 1 N–H and O–H groups in total. The van der Waals surface area contributed by atoms with Gasteiger partial charge in [0.2, 0.25) is 0 Å². The molecule has 3 rings (SSSR count). The van der Waals surface area contributed by atoms with Crippen LogP contribution in [0.3, 0.4) is 0 Å². The van der Waals surface area contributed by atoms with Gasteiger partial charge in [-0.15, -0.1) is 0 Å². The van der Waals surface area contributed by atoms with Gasteiger partial charge in [0.15, 0.2) is 0 Å². The molecule has 1 heterocycles. The van der Waals surface area contributed by atoms with Crippen molar-refractivity contribution in [2.75, 3.05) is 0 Å². The van der Waals surface area contributed by atoms with Crippen LogP contribution in [0.5, 0.6) is 0 Å². The number of aryl methyl sites for hydroxylation is 1. The van der Waals surface area contributed by atoms with Gasteiger partial charge in [0.05, 0.1) is 17.8 Å². The second kappa shape index (κ2) is 4.67. The maximum atomic E-state index is 9.36. The maximum Gasteiger partial charge on any atom is 0.105 e. The first kappa shape index (κ1) is 12.2. The van der Waals surface area contributed by atoms with Gasteiger partial charge in [-0.05, 0) is 32.3 Å². The lowest BCUT2D eigenvalue weighted by atomic mass is 10.00. The molecular weight excluding hydrogens is 236 g/mol. The Balaban J connectivity index is 1.72. The molecule has 1 aromatic carbocycles. The topological polar surface area (TPSA) is 53.6 Å². The van der Waals surface area contributed by atoms with Crippen LogP contribution in [0, 0.1) is 11.3 Å². The molecular formula is C15H18N4. The minimum Gasteiger partial charge on any atom is -0.297 e. The van der Waals surface area contributed by atoms with Crippen LogP contribution in [0.1, 0.15) is 26.2 Å². The van der Waals surface area contributed by atoms with Crippen molar-refractivity contribution in [1.29, 1.82) is 5.26 Å². The Morgan fingerprint density at radius 3 is 3.00 bits per heavy atom. The molecule has 0 saturated heterocycles. The Morgan fingerprint density at radius 1 is 1.47 bits per heavy atom. The Bertz CT molecular complexity index is 620. The van der Waals surface area contributed by atoms with Crippen LogP contribution in [0.2, 0.25) is 0 Å². The summed E-state index contributed by atoms with van der Waals surface area (Å²) in [7, 11) is 0. The molecule has 0 radical (unpaired) electrons. The SMILES string of the molecule is CC(C#N)(CCn1ncc2ccccc21)NC1CC1. The highest BCUT2D eigenvalue weighted by Crippen LogP contribution is 2.24. The van der Waals surface area contributed by atoms with Gasteiger partial charge in [0.25, 0.3) is 0 Å². The van der Waals surface area contributed by atoms with Gasteiger partial charge in [0, 0.05) is 18.0 Å². The lowest BCUT2D eigenvalue weighted by molar-refractivity contribution is 0.383. The largest absolute Gasteiger partial charge is 0.297 e. The lowest BCUT2D eigenvalue weighted by Gasteiger charge is -2.23. The van der Waals surface area contributed by atoms with Crippen LogP contribution in [0.15, 0.2) is 30.5 Å². The molecule has 1 fully saturated rings. The molecule has 19 heavy (non-hydrogen) atoms. The van der Waals surface area contributed by atoms with Crippen LogP contribution < -0.4 is 5.32 Å². The van der Waals surface area contributed by atoms with Gasteiger partial charge in [-0.25, -0.2) is 0 Å². The maximum absolute atomic E-state index is 9.36. The van der Waals surface area contributed by atoms with E-state index >= 15 is 0 Å². The summed E-state index contributed by atoms with van der Waals surface area (Å²) in [6.45, 7) is 2.74. The smallest absolute Gasteiger partial charge is 0.105 e. The van der Waals surface area contributed by atoms with Crippen LogP contribution in [0.25, 0.3) is 10.9 Å². The molecule has 0 amide bonds. The lowest BCUT2D eigenvalue weighted by Crippen LogP contribution is -2.43. The van der Waals surface area contributed by atoms with Gasteiger partial charge < -0.3 is 0 Å². The van der Waals surface area contributed by atoms with Gasteiger partial charge in [-0.3, -0.25) is 10.00 Å². The summed E-state index contributed by atoms with van der Waals surface area (Å²) < 4.78 is 1.99. The summed E-state index contributed by atoms with van der Waals surface area (Å²) in [6.07, 6.45) is 5.04. The number of aromatic nitrogens is 2. The van der Waals surface area contributed by atoms with Crippen molar-refractivity contribution < 1.29 is 0 Å². The van der Waals surface area contributed by atoms with Crippen molar-refractivity contribution in [2.45, 2.75) is 44.3 Å². The zero-order valence-corrected chi connectivity index (χ0v) is 11.1. The molecule has 0 aliphatic heterocycles. The summed E-state index contributed by atoms with van der Waals surface area (Å²) in [5, 5.41) is 18.3. The highest BCUT2D eigenvalue weighted by atomic mass is 15.3. The Hall–Kier alpha value is -1.86. The number of rotatable bonds is 5. The van der Waals surface area contributed by atoms with Crippen molar-refractivity contribution >= 4 is 10.9 Å². The second-order valence-electron chi connectivity index (χ2n) is 5.54. The monoisotopic (exact) mass is 254 g/mol. The molecule has 4 nitrogen and oxygen atoms in total. The van der Waals surface area contributed by atoms with Crippen molar-refractivity contribution in [3.8, 4) is 6.07 Å².